The number of aryl methyl sites for hydroxylation is 1. The van der Waals surface area contributed by atoms with Crippen molar-refractivity contribution in [3.63, 3.8) is 0 Å². The molecule has 152 valence electrons. The Morgan fingerprint density at radius 2 is 1.67 bits per heavy atom. The molecule has 1 atom stereocenters. The van der Waals surface area contributed by atoms with Gasteiger partial charge in [-0.3, -0.25) is 4.99 Å². The standard InChI is InChI=1S/C23H20N2O4S/c1-16-7-10-19(11-8-16)30(26,27)25-14-20(17-5-3-2-4-6-17)24-23(25)18-9-12-21-22(13-18)29-15-28-21/h2-13,20H,14-15H2,1H3. The van der Waals surface area contributed by atoms with E-state index >= 15 is 0 Å². The van der Waals surface area contributed by atoms with E-state index < -0.39 is 10.0 Å². The molecule has 1 unspecified atom stereocenters. The lowest BCUT2D eigenvalue weighted by molar-refractivity contribution is 0.174. The van der Waals surface area contributed by atoms with Gasteiger partial charge in [-0.25, -0.2) is 12.7 Å². The summed E-state index contributed by atoms with van der Waals surface area (Å²) in [6, 6.07) is 21.7. The van der Waals surface area contributed by atoms with E-state index in [2.05, 4.69) is 0 Å². The molecule has 0 spiro atoms. The maximum absolute atomic E-state index is 13.5. The fraction of sp³-hybridized carbons (Fsp3) is 0.174. The van der Waals surface area contributed by atoms with E-state index in [1.54, 1.807) is 36.4 Å². The molecule has 0 fully saturated rings. The van der Waals surface area contributed by atoms with Crippen LogP contribution in [0, 0.1) is 6.92 Å². The van der Waals surface area contributed by atoms with Crippen LogP contribution in [0.15, 0.2) is 82.7 Å². The van der Waals surface area contributed by atoms with Crippen molar-refractivity contribution in [3.8, 4) is 11.5 Å². The fourth-order valence-electron chi connectivity index (χ4n) is 3.66. The Hall–Kier alpha value is -3.32. The van der Waals surface area contributed by atoms with E-state index in [-0.39, 0.29) is 24.3 Å². The summed E-state index contributed by atoms with van der Waals surface area (Å²) >= 11 is 0. The highest BCUT2D eigenvalue weighted by atomic mass is 32.2. The number of sulfonamides is 1. The molecule has 2 heterocycles. The van der Waals surface area contributed by atoms with Crippen molar-refractivity contribution in [3.05, 3.63) is 89.5 Å². The molecule has 6 nitrogen and oxygen atoms in total. The smallest absolute Gasteiger partial charge is 0.265 e. The first-order valence-electron chi connectivity index (χ1n) is 9.64. The van der Waals surface area contributed by atoms with Crippen molar-refractivity contribution >= 4 is 15.9 Å². The summed E-state index contributed by atoms with van der Waals surface area (Å²) in [4.78, 5) is 5.06. The topological polar surface area (TPSA) is 68.2 Å². The Balaban J connectivity index is 1.60. The summed E-state index contributed by atoms with van der Waals surface area (Å²) in [6.45, 7) is 2.32. The van der Waals surface area contributed by atoms with Gasteiger partial charge in [-0.2, -0.15) is 0 Å². The van der Waals surface area contributed by atoms with Crippen molar-refractivity contribution in [1.29, 1.82) is 0 Å². The SMILES string of the molecule is Cc1ccc(S(=O)(=O)N2CC(c3ccccc3)N=C2c2ccc3c(c2)OCO3)cc1. The summed E-state index contributed by atoms with van der Waals surface area (Å²) in [7, 11) is -3.78. The molecule has 0 aromatic heterocycles. The minimum absolute atomic E-state index is 0.156. The van der Waals surface area contributed by atoms with Gasteiger partial charge < -0.3 is 9.47 Å². The Labute approximate surface area is 175 Å². The minimum atomic E-state index is -3.78. The second-order valence-corrected chi connectivity index (χ2v) is 9.16. The predicted molar refractivity (Wildman–Crippen MR) is 113 cm³/mol. The van der Waals surface area contributed by atoms with Crippen LogP contribution >= 0.6 is 0 Å². The van der Waals surface area contributed by atoms with Crippen molar-refractivity contribution in [2.45, 2.75) is 17.9 Å². The van der Waals surface area contributed by atoms with Crippen LogP contribution in [-0.4, -0.2) is 31.9 Å². The Bertz CT molecular complexity index is 1220. The summed E-state index contributed by atoms with van der Waals surface area (Å²) < 4.78 is 39.3. The van der Waals surface area contributed by atoms with Crippen LogP contribution in [0.25, 0.3) is 0 Å². The summed E-state index contributed by atoms with van der Waals surface area (Å²) in [5, 5.41) is 0. The molecule has 30 heavy (non-hydrogen) atoms. The number of benzene rings is 3. The maximum Gasteiger partial charge on any atom is 0.265 e. The number of rotatable bonds is 4. The molecule has 0 saturated heterocycles. The first-order valence-corrected chi connectivity index (χ1v) is 11.1. The summed E-state index contributed by atoms with van der Waals surface area (Å²) in [5.41, 5.74) is 2.65. The Kier molecular flexibility index (Phi) is 4.47. The third kappa shape index (κ3) is 3.21. The molecule has 2 aliphatic rings. The lowest BCUT2D eigenvalue weighted by atomic mass is 10.1. The molecule has 0 bridgehead atoms. The minimum Gasteiger partial charge on any atom is -0.454 e. The zero-order valence-corrected chi connectivity index (χ0v) is 17.2. The molecule has 0 N–H and O–H groups in total. The molecular formula is C23H20N2O4S. The van der Waals surface area contributed by atoms with Crippen LogP contribution in [0.5, 0.6) is 11.5 Å². The highest BCUT2D eigenvalue weighted by Gasteiger charge is 2.36. The van der Waals surface area contributed by atoms with E-state index in [9.17, 15) is 8.42 Å². The molecule has 2 aliphatic heterocycles. The first kappa shape index (κ1) is 18.7. The lowest BCUT2D eigenvalue weighted by Gasteiger charge is -2.21. The van der Waals surface area contributed by atoms with Crippen LogP contribution in [0.4, 0.5) is 0 Å². The summed E-state index contributed by atoms with van der Waals surface area (Å²) in [5.74, 6) is 1.64. The maximum atomic E-state index is 13.5. The third-order valence-corrected chi connectivity index (χ3v) is 7.05. The summed E-state index contributed by atoms with van der Waals surface area (Å²) in [6.07, 6.45) is 0. The van der Waals surface area contributed by atoms with Gasteiger partial charge in [0.2, 0.25) is 6.79 Å². The van der Waals surface area contributed by atoms with Crippen LogP contribution in [0.2, 0.25) is 0 Å². The van der Waals surface area contributed by atoms with Gasteiger partial charge in [-0.05, 0) is 42.8 Å². The van der Waals surface area contributed by atoms with E-state index in [4.69, 9.17) is 14.5 Å². The predicted octanol–water partition coefficient (Wildman–Crippen LogP) is 3.92. The van der Waals surface area contributed by atoms with Gasteiger partial charge in [0, 0.05) is 5.56 Å². The van der Waals surface area contributed by atoms with E-state index in [1.165, 1.54) is 4.31 Å². The third-order valence-electron chi connectivity index (χ3n) is 5.28. The number of hydrogen-bond acceptors (Lipinski definition) is 5. The first-order chi connectivity index (χ1) is 14.5. The molecule has 0 amide bonds. The molecule has 0 aliphatic carbocycles. The van der Waals surface area contributed by atoms with Gasteiger partial charge in [0.25, 0.3) is 10.0 Å². The van der Waals surface area contributed by atoms with Crippen LogP contribution < -0.4 is 9.47 Å². The molecule has 3 aromatic carbocycles. The Morgan fingerprint density at radius 3 is 2.43 bits per heavy atom. The molecule has 7 heteroatoms. The van der Waals surface area contributed by atoms with Gasteiger partial charge in [-0.15, -0.1) is 0 Å². The largest absolute Gasteiger partial charge is 0.454 e. The second-order valence-electron chi connectivity index (χ2n) is 7.30. The highest BCUT2D eigenvalue weighted by molar-refractivity contribution is 7.89. The molecule has 0 saturated carbocycles. The monoisotopic (exact) mass is 420 g/mol. The number of aliphatic imine (C=N–C) groups is 1. The van der Waals surface area contributed by atoms with Crippen LogP contribution in [0.3, 0.4) is 0 Å². The molecule has 5 rings (SSSR count). The quantitative estimate of drug-likeness (QED) is 0.642. The van der Waals surface area contributed by atoms with Gasteiger partial charge in [-0.1, -0.05) is 48.0 Å². The van der Waals surface area contributed by atoms with E-state index in [1.807, 2.05) is 43.3 Å². The average molecular weight is 420 g/mol. The number of nitrogens with zero attached hydrogens (tertiary/aromatic N) is 2. The number of amidine groups is 1. The number of fused-ring (bicyclic) bond motifs is 1. The van der Waals surface area contributed by atoms with Crippen LogP contribution in [0.1, 0.15) is 22.7 Å². The molecule has 0 radical (unpaired) electrons. The van der Waals surface area contributed by atoms with Gasteiger partial charge in [0.15, 0.2) is 11.5 Å². The van der Waals surface area contributed by atoms with Gasteiger partial charge >= 0.3 is 0 Å². The zero-order chi connectivity index (χ0) is 20.7. The number of ether oxygens (including phenoxy) is 2. The lowest BCUT2D eigenvalue weighted by Crippen LogP contribution is -2.35. The Morgan fingerprint density at radius 1 is 0.933 bits per heavy atom. The van der Waals surface area contributed by atoms with Gasteiger partial charge in [0.1, 0.15) is 5.84 Å². The van der Waals surface area contributed by atoms with Crippen LogP contribution in [-0.2, 0) is 10.0 Å². The molecular weight excluding hydrogens is 400 g/mol. The van der Waals surface area contributed by atoms with Crippen molar-refractivity contribution in [2.75, 3.05) is 13.3 Å². The number of hydrogen-bond donors (Lipinski definition) is 0. The van der Waals surface area contributed by atoms with Crippen molar-refractivity contribution in [1.82, 2.24) is 4.31 Å². The normalized spacial score (nSPS) is 17.8. The highest BCUT2D eigenvalue weighted by Crippen LogP contribution is 2.36. The zero-order valence-electron chi connectivity index (χ0n) is 16.4. The second kappa shape index (κ2) is 7.18. The molecule has 3 aromatic rings. The van der Waals surface area contributed by atoms with E-state index in [0.717, 1.165) is 11.1 Å². The van der Waals surface area contributed by atoms with Gasteiger partial charge in [0.05, 0.1) is 17.5 Å². The van der Waals surface area contributed by atoms with E-state index in [0.29, 0.717) is 22.9 Å². The fourth-order valence-corrected chi connectivity index (χ4v) is 5.11. The average Bonchev–Trinajstić information content (AvgIpc) is 3.42. The van der Waals surface area contributed by atoms with Crippen molar-refractivity contribution in [2.24, 2.45) is 4.99 Å². The van der Waals surface area contributed by atoms with Crippen molar-refractivity contribution < 1.29 is 17.9 Å².